The van der Waals surface area contributed by atoms with Crippen molar-refractivity contribution in [2.24, 2.45) is 5.92 Å². The van der Waals surface area contributed by atoms with Crippen LogP contribution in [0.2, 0.25) is 0 Å². The van der Waals surface area contributed by atoms with E-state index < -0.39 is 18.0 Å². The molecule has 0 aromatic heterocycles. The summed E-state index contributed by atoms with van der Waals surface area (Å²) in [5.74, 6) is -1.53. The van der Waals surface area contributed by atoms with Crippen molar-refractivity contribution in [1.29, 1.82) is 5.26 Å². The van der Waals surface area contributed by atoms with Crippen molar-refractivity contribution in [3.05, 3.63) is 22.8 Å². The van der Waals surface area contributed by atoms with E-state index in [1.807, 2.05) is 6.07 Å². The molecule has 0 fully saturated rings. The molecule has 1 aliphatic carbocycles. The Morgan fingerprint density at radius 2 is 2.38 bits per heavy atom. The zero-order chi connectivity index (χ0) is 12.1. The molecule has 1 rings (SSSR count). The average molecular weight is 262 g/mol. The number of halogens is 2. The van der Waals surface area contributed by atoms with Gasteiger partial charge < -0.3 is 9.84 Å². The number of carbonyl (C=O) groups is 1. The number of ether oxygens (including phenoxy) is 1. The summed E-state index contributed by atoms with van der Waals surface area (Å²) >= 11 is 11.3. The van der Waals surface area contributed by atoms with Gasteiger partial charge in [-0.2, -0.15) is 5.26 Å². The number of rotatable bonds is 4. The van der Waals surface area contributed by atoms with Gasteiger partial charge in [0.05, 0.1) is 24.2 Å². The van der Waals surface area contributed by atoms with Crippen LogP contribution in [-0.2, 0) is 9.53 Å². The Kier molecular flexibility index (Phi) is 4.81. The summed E-state index contributed by atoms with van der Waals surface area (Å²) in [6, 6.07) is 1.95. The zero-order valence-corrected chi connectivity index (χ0v) is 9.70. The van der Waals surface area contributed by atoms with Gasteiger partial charge in [-0.3, -0.25) is 0 Å². The van der Waals surface area contributed by atoms with Gasteiger partial charge in [-0.25, -0.2) is 4.79 Å². The fraction of sp³-hybridized carbons (Fsp3) is 0.400. The quantitative estimate of drug-likeness (QED) is 0.785. The molecule has 0 aromatic rings. The lowest BCUT2D eigenvalue weighted by Gasteiger charge is -2.23. The van der Waals surface area contributed by atoms with Crippen molar-refractivity contribution >= 4 is 29.2 Å². The number of aliphatic carboxylic acids is 1. The standard InChI is InChI=1S/C10H9Cl2NO3/c11-1-2-16-9-7(5-13)3-6(10(14)15)4-8(9)12/h3-4,7,9H,1-2H2,(H,14,15). The highest BCUT2D eigenvalue weighted by Gasteiger charge is 2.29. The lowest BCUT2D eigenvalue weighted by molar-refractivity contribution is -0.132. The minimum absolute atomic E-state index is 0.00211. The summed E-state index contributed by atoms with van der Waals surface area (Å²) in [7, 11) is 0. The summed E-state index contributed by atoms with van der Waals surface area (Å²) < 4.78 is 5.28. The number of nitriles is 1. The van der Waals surface area contributed by atoms with E-state index in [4.69, 9.17) is 38.3 Å². The third-order valence-electron chi connectivity index (χ3n) is 2.02. The van der Waals surface area contributed by atoms with Crippen LogP contribution in [-0.4, -0.2) is 29.7 Å². The summed E-state index contributed by atoms with van der Waals surface area (Å²) in [6.45, 7) is 0.255. The first-order valence-corrected chi connectivity index (χ1v) is 5.40. The van der Waals surface area contributed by atoms with E-state index in [2.05, 4.69) is 0 Å². The van der Waals surface area contributed by atoms with Crippen LogP contribution < -0.4 is 0 Å². The lowest BCUT2D eigenvalue weighted by Crippen LogP contribution is -2.27. The van der Waals surface area contributed by atoms with E-state index in [1.54, 1.807) is 0 Å². The Hall–Kier alpha value is -1.02. The molecule has 0 amide bonds. The largest absolute Gasteiger partial charge is 0.478 e. The van der Waals surface area contributed by atoms with Gasteiger partial charge in [0.25, 0.3) is 0 Å². The van der Waals surface area contributed by atoms with Crippen LogP contribution in [0.5, 0.6) is 0 Å². The Labute approximate surface area is 103 Å². The van der Waals surface area contributed by atoms with Crippen LogP contribution in [0.25, 0.3) is 0 Å². The van der Waals surface area contributed by atoms with Gasteiger partial charge in [0.1, 0.15) is 6.10 Å². The molecule has 1 aliphatic rings. The number of hydrogen-bond donors (Lipinski definition) is 1. The highest BCUT2D eigenvalue weighted by atomic mass is 35.5. The van der Waals surface area contributed by atoms with Gasteiger partial charge >= 0.3 is 5.97 Å². The Bertz CT molecular complexity index is 384. The molecular formula is C10H9Cl2NO3. The van der Waals surface area contributed by atoms with Crippen molar-refractivity contribution in [2.45, 2.75) is 6.10 Å². The predicted molar refractivity (Wildman–Crippen MR) is 59.2 cm³/mol. The van der Waals surface area contributed by atoms with E-state index in [0.29, 0.717) is 0 Å². The summed E-state index contributed by atoms with van der Waals surface area (Å²) in [4.78, 5) is 10.7. The number of nitrogens with zero attached hydrogens (tertiary/aromatic N) is 1. The van der Waals surface area contributed by atoms with Crippen LogP contribution in [0.4, 0.5) is 0 Å². The molecule has 0 bridgehead atoms. The molecule has 86 valence electrons. The lowest BCUT2D eigenvalue weighted by atomic mass is 9.94. The third-order valence-corrected chi connectivity index (χ3v) is 2.50. The first-order valence-electron chi connectivity index (χ1n) is 4.49. The minimum Gasteiger partial charge on any atom is -0.478 e. The average Bonchev–Trinajstić information content (AvgIpc) is 2.26. The molecule has 6 heteroatoms. The zero-order valence-electron chi connectivity index (χ0n) is 8.19. The van der Waals surface area contributed by atoms with Gasteiger partial charge in [0.2, 0.25) is 0 Å². The normalized spacial score (nSPS) is 24.3. The molecule has 0 aliphatic heterocycles. The van der Waals surface area contributed by atoms with Gasteiger partial charge in [-0.15, -0.1) is 11.6 Å². The highest BCUT2D eigenvalue weighted by molar-refractivity contribution is 6.31. The molecular weight excluding hydrogens is 253 g/mol. The molecule has 1 N–H and O–H groups in total. The van der Waals surface area contributed by atoms with Gasteiger partial charge in [0.15, 0.2) is 0 Å². The van der Waals surface area contributed by atoms with Crippen molar-refractivity contribution in [2.75, 3.05) is 12.5 Å². The Morgan fingerprint density at radius 1 is 1.69 bits per heavy atom. The maximum Gasteiger partial charge on any atom is 0.335 e. The van der Waals surface area contributed by atoms with Crippen molar-refractivity contribution in [1.82, 2.24) is 0 Å². The molecule has 4 nitrogen and oxygen atoms in total. The minimum atomic E-state index is -1.12. The molecule has 0 spiro atoms. The Balaban J connectivity index is 2.88. The monoisotopic (exact) mass is 261 g/mol. The predicted octanol–water partition coefficient (Wildman–Crippen LogP) is 1.90. The second-order valence-corrected chi connectivity index (χ2v) is 3.91. The number of carboxylic acid groups (broad SMARTS) is 1. The smallest absolute Gasteiger partial charge is 0.335 e. The maximum atomic E-state index is 10.7. The maximum absolute atomic E-state index is 10.7. The van der Waals surface area contributed by atoms with Crippen molar-refractivity contribution in [3.63, 3.8) is 0 Å². The third kappa shape index (κ3) is 2.99. The summed E-state index contributed by atoms with van der Waals surface area (Å²) in [5.41, 5.74) is 0.00211. The highest BCUT2D eigenvalue weighted by Crippen LogP contribution is 2.28. The van der Waals surface area contributed by atoms with E-state index in [1.165, 1.54) is 12.2 Å². The van der Waals surface area contributed by atoms with E-state index >= 15 is 0 Å². The molecule has 0 saturated heterocycles. The molecule has 2 atom stereocenters. The molecule has 0 saturated carbocycles. The Morgan fingerprint density at radius 3 is 2.88 bits per heavy atom. The summed E-state index contributed by atoms with van der Waals surface area (Å²) in [5, 5.41) is 17.9. The van der Waals surface area contributed by atoms with Crippen LogP contribution in [0, 0.1) is 17.2 Å². The number of alkyl halides is 1. The second kappa shape index (κ2) is 5.90. The van der Waals surface area contributed by atoms with E-state index in [9.17, 15) is 4.79 Å². The van der Waals surface area contributed by atoms with Crippen molar-refractivity contribution < 1.29 is 14.6 Å². The molecule has 0 radical (unpaired) electrons. The second-order valence-electron chi connectivity index (χ2n) is 3.09. The van der Waals surface area contributed by atoms with E-state index in [0.717, 1.165) is 0 Å². The SMILES string of the molecule is N#CC1C=C(C(=O)O)C=C(Cl)C1OCCCl. The summed E-state index contributed by atoms with van der Waals surface area (Å²) in [6.07, 6.45) is 1.98. The van der Waals surface area contributed by atoms with Crippen LogP contribution >= 0.6 is 23.2 Å². The van der Waals surface area contributed by atoms with Gasteiger partial charge in [0, 0.05) is 10.9 Å². The van der Waals surface area contributed by atoms with Crippen molar-refractivity contribution in [3.8, 4) is 6.07 Å². The fourth-order valence-corrected chi connectivity index (χ4v) is 1.73. The van der Waals surface area contributed by atoms with Gasteiger partial charge in [-0.1, -0.05) is 11.6 Å². The molecule has 2 unspecified atom stereocenters. The first kappa shape index (κ1) is 13.0. The van der Waals surface area contributed by atoms with E-state index in [-0.39, 0.29) is 23.1 Å². The topological polar surface area (TPSA) is 70.3 Å². The van der Waals surface area contributed by atoms with Crippen LogP contribution in [0.15, 0.2) is 22.8 Å². The van der Waals surface area contributed by atoms with Crippen LogP contribution in [0.1, 0.15) is 0 Å². The number of hydrogen-bond acceptors (Lipinski definition) is 3. The molecule has 0 heterocycles. The fourth-order valence-electron chi connectivity index (χ4n) is 1.32. The first-order chi connectivity index (χ1) is 7.60. The molecule has 16 heavy (non-hydrogen) atoms. The van der Waals surface area contributed by atoms with Gasteiger partial charge in [-0.05, 0) is 12.2 Å². The van der Waals surface area contributed by atoms with Crippen LogP contribution in [0.3, 0.4) is 0 Å². The molecule has 0 aromatic carbocycles. The number of carboxylic acids is 1.